The van der Waals surface area contributed by atoms with E-state index < -0.39 is 4.92 Å². The smallest absolute Gasteiger partial charge is 0.272 e. The summed E-state index contributed by atoms with van der Waals surface area (Å²) in [6, 6.07) is 4.51. The monoisotopic (exact) mass is 232 g/mol. The molecule has 0 N–H and O–H groups in total. The molecule has 0 radical (unpaired) electrons. The van der Waals surface area contributed by atoms with Gasteiger partial charge in [0.1, 0.15) is 12.0 Å². The van der Waals surface area contributed by atoms with Crippen LogP contribution in [0, 0.1) is 17.0 Å². The van der Waals surface area contributed by atoms with Gasteiger partial charge in [0, 0.05) is 17.2 Å². The Morgan fingerprint density at radius 3 is 2.76 bits per heavy atom. The number of nitro groups is 1. The molecule has 6 heteroatoms. The van der Waals surface area contributed by atoms with Crippen molar-refractivity contribution in [1.82, 2.24) is 4.98 Å². The molecular formula is C11H8N2O4. The van der Waals surface area contributed by atoms with Gasteiger partial charge in [0.2, 0.25) is 5.89 Å². The lowest BCUT2D eigenvalue weighted by molar-refractivity contribution is -0.385. The number of carbonyl (C=O) groups is 1. The molecule has 0 saturated heterocycles. The van der Waals surface area contributed by atoms with Crippen molar-refractivity contribution in [3.8, 4) is 11.5 Å². The number of aldehydes is 1. The van der Waals surface area contributed by atoms with Crippen molar-refractivity contribution in [3.05, 3.63) is 45.8 Å². The zero-order valence-electron chi connectivity index (χ0n) is 8.91. The second kappa shape index (κ2) is 4.17. The molecule has 0 unspecified atom stereocenters. The fraction of sp³-hybridized carbons (Fsp3) is 0.0909. The number of benzene rings is 1. The van der Waals surface area contributed by atoms with Gasteiger partial charge < -0.3 is 4.42 Å². The Bertz CT molecular complexity index is 589. The third kappa shape index (κ3) is 2.05. The summed E-state index contributed by atoms with van der Waals surface area (Å²) in [5, 5.41) is 10.6. The van der Waals surface area contributed by atoms with Crippen molar-refractivity contribution in [2.24, 2.45) is 0 Å². The van der Waals surface area contributed by atoms with Gasteiger partial charge in [-0.3, -0.25) is 14.9 Å². The molecule has 1 aromatic carbocycles. The Morgan fingerprint density at radius 2 is 2.24 bits per heavy atom. The highest BCUT2D eigenvalue weighted by atomic mass is 16.6. The van der Waals surface area contributed by atoms with E-state index in [4.69, 9.17) is 4.42 Å². The van der Waals surface area contributed by atoms with Gasteiger partial charge in [0.05, 0.1) is 4.92 Å². The number of hydrogen-bond donors (Lipinski definition) is 0. The van der Waals surface area contributed by atoms with E-state index in [1.54, 1.807) is 13.0 Å². The quantitative estimate of drug-likeness (QED) is 0.460. The van der Waals surface area contributed by atoms with Crippen molar-refractivity contribution in [2.45, 2.75) is 6.92 Å². The maximum atomic E-state index is 10.6. The zero-order valence-corrected chi connectivity index (χ0v) is 8.91. The van der Waals surface area contributed by atoms with Crippen LogP contribution in [0.3, 0.4) is 0 Å². The molecule has 0 fully saturated rings. The topological polar surface area (TPSA) is 86.2 Å². The van der Waals surface area contributed by atoms with Crippen LogP contribution in [0.4, 0.5) is 5.69 Å². The second-order valence-electron chi connectivity index (χ2n) is 3.45. The van der Waals surface area contributed by atoms with Crippen LogP contribution in [0.1, 0.15) is 16.1 Å². The molecule has 0 aliphatic carbocycles. The first-order valence-corrected chi connectivity index (χ1v) is 4.78. The Morgan fingerprint density at radius 1 is 1.47 bits per heavy atom. The molecule has 2 aromatic rings. The third-order valence-electron chi connectivity index (χ3n) is 2.28. The summed E-state index contributed by atoms with van der Waals surface area (Å²) < 4.78 is 5.08. The molecule has 6 nitrogen and oxygen atoms in total. The van der Waals surface area contributed by atoms with Crippen LogP contribution in [0.25, 0.3) is 11.5 Å². The van der Waals surface area contributed by atoms with E-state index >= 15 is 0 Å². The van der Waals surface area contributed by atoms with Crippen molar-refractivity contribution >= 4 is 12.0 Å². The molecule has 2 rings (SSSR count). The van der Waals surface area contributed by atoms with E-state index in [-0.39, 0.29) is 17.3 Å². The lowest BCUT2D eigenvalue weighted by Crippen LogP contribution is -1.92. The van der Waals surface area contributed by atoms with Crippen LogP contribution in [-0.4, -0.2) is 16.2 Å². The first-order chi connectivity index (χ1) is 8.11. The van der Waals surface area contributed by atoms with Crippen LogP contribution in [-0.2, 0) is 0 Å². The van der Waals surface area contributed by atoms with E-state index in [2.05, 4.69) is 4.98 Å². The lowest BCUT2D eigenvalue weighted by Gasteiger charge is -1.99. The molecule has 0 atom stereocenters. The summed E-state index contributed by atoms with van der Waals surface area (Å²) in [5.74, 6) is 0.269. The molecule has 0 saturated carbocycles. The van der Waals surface area contributed by atoms with Gasteiger partial charge in [-0.15, -0.1) is 0 Å². The summed E-state index contributed by atoms with van der Waals surface area (Å²) >= 11 is 0. The van der Waals surface area contributed by atoms with E-state index in [0.717, 1.165) is 0 Å². The molecule has 0 aliphatic rings. The molecule has 1 heterocycles. The fourth-order valence-corrected chi connectivity index (χ4v) is 1.47. The molecule has 86 valence electrons. The molecule has 0 bridgehead atoms. The fourth-order valence-electron chi connectivity index (χ4n) is 1.47. The van der Waals surface area contributed by atoms with E-state index in [0.29, 0.717) is 17.4 Å². The number of nitrogens with zero attached hydrogens (tertiary/aromatic N) is 2. The van der Waals surface area contributed by atoms with Gasteiger partial charge in [-0.25, -0.2) is 4.98 Å². The predicted octanol–water partition coefficient (Wildman–Crippen LogP) is 2.37. The van der Waals surface area contributed by atoms with Gasteiger partial charge in [-0.2, -0.15) is 0 Å². The van der Waals surface area contributed by atoms with Gasteiger partial charge in [-0.1, -0.05) is 0 Å². The molecule has 17 heavy (non-hydrogen) atoms. The normalized spacial score (nSPS) is 10.2. The Balaban J connectivity index is 2.43. The molecular weight excluding hydrogens is 224 g/mol. The first kappa shape index (κ1) is 11.0. The zero-order chi connectivity index (χ0) is 12.4. The van der Waals surface area contributed by atoms with E-state index in [9.17, 15) is 14.9 Å². The lowest BCUT2D eigenvalue weighted by atomic mass is 10.1. The number of oxazole rings is 1. The van der Waals surface area contributed by atoms with Crippen LogP contribution >= 0.6 is 0 Å². The summed E-state index contributed by atoms with van der Waals surface area (Å²) in [5.41, 5.74) is 1.34. The number of nitro benzene ring substituents is 1. The predicted molar refractivity (Wildman–Crippen MR) is 58.7 cm³/mol. The van der Waals surface area contributed by atoms with Crippen LogP contribution < -0.4 is 0 Å². The number of rotatable bonds is 3. The van der Waals surface area contributed by atoms with Crippen molar-refractivity contribution in [2.75, 3.05) is 0 Å². The van der Waals surface area contributed by atoms with Crippen molar-refractivity contribution in [3.63, 3.8) is 0 Å². The first-order valence-electron chi connectivity index (χ1n) is 4.78. The number of aromatic nitrogens is 1. The van der Waals surface area contributed by atoms with Crippen molar-refractivity contribution in [1.29, 1.82) is 0 Å². The van der Waals surface area contributed by atoms with E-state index in [1.807, 2.05) is 0 Å². The highest BCUT2D eigenvalue weighted by molar-refractivity contribution is 5.72. The minimum atomic E-state index is -0.453. The Hall–Kier alpha value is -2.50. The van der Waals surface area contributed by atoms with Gasteiger partial charge in [-0.05, 0) is 19.1 Å². The standard InChI is InChI=1S/C11H8N2O4/c1-7-4-8(2-3-10(7)13(15)16)11-12-9(5-14)6-17-11/h2-6H,1H3. The number of hydrogen-bond acceptors (Lipinski definition) is 5. The average Bonchev–Trinajstić information content (AvgIpc) is 2.76. The van der Waals surface area contributed by atoms with Crippen LogP contribution in [0.15, 0.2) is 28.9 Å². The molecule has 1 aromatic heterocycles. The van der Waals surface area contributed by atoms with E-state index in [1.165, 1.54) is 18.4 Å². The SMILES string of the molecule is Cc1cc(-c2nc(C=O)co2)ccc1[N+](=O)[O-]. The largest absolute Gasteiger partial charge is 0.444 e. The van der Waals surface area contributed by atoms with Crippen molar-refractivity contribution < 1.29 is 14.1 Å². The number of aryl methyl sites for hydroxylation is 1. The Kier molecular flexibility index (Phi) is 2.70. The number of carbonyl (C=O) groups excluding carboxylic acids is 1. The summed E-state index contributed by atoms with van der Waals surface area (Å²) in [7, 11) is 0. The summed E-state index contributed by atoms with van der Waals surface area (Å²) in [6.07, 6.45) is 1.81. The average molecular weight is 232 g/mol. The third-order valence-corrected chi connectivity index (χ3v) is 2.28. The molecule has 0 spiro atoms. The Labute approximate surface area is 96.0 Å². The maximum Gasteiger partial charge on any atom is 0.272 e. The van der Waals surface area contributed by atoms with Crippen LogP contribution in [0.2, 0.25) is 0 Å². The second-order valence-corrected chi connectivity index (χ2v) is 3.45. The van der Waals surface area contributed by atoms with Crippen LogP contribution in [0.5, 0.6) is 0 Å². The minimum Gasteiger partial charge on any atom is -0.444 e. The summed E-state index contributed by atoms with van der Waals surface area (Å²) in [6.45, 7) is 1.63. The highest BCUT2D eigenvalue weighted by Gasteiger charge is 2.13. The molecule has 0 amide bonds. The van der Waals surface area contributed by atoms with Gasteiger partial charge in [0.15, 0.2) is 6.29 Å². The summed E-state index contributed by atoms with van der Waals surface area (Å²) in [4.78, 5) is 24.5. The maximum absolute atomic E-state index is 10.6. The van der Waals surface area contributed by atoms with Gasteiger partial charge in [0.25, 0.3) is 5.69 Å². The molecule has 0 aliphatic heterocycles. The highest BCUT2D eigenvalue weighted by Crippen LogP contribution is 2.25. The minimum absolute atomic E-state index is 0.0379. The van der Waals surface area contributed by atoms with Gasteiger partial charge >= 0.3 is 0 Å².